The molecule has 0 radical (unpaired) electrons. The van der Waals surface area contributed by atoms with Crippen LogP contribution in [0.1, 0.15) is 30.9 Å². The molecule has 3 rings (SSSR count). The zero-order valence-electron chi connectivity index (χ0n) is 17.7. The van der Waals surface area contributed by atoms with Gasteiger partial charge in [0.25, 0.3) is 0 Å². The van der Waals surface area contributed by atoms with Crippen LogP contribution in [0.3, 0.4) is 0 Å². The van der Waals surface area contributed by atoms with Gasteiger partial charge < -0.3 is 9.47 Å². The summed E-state index contributed by atoms with van der Waals surface area (Å²) in [4.78, 5) is 0. The van der Waals surface area contributed by atoms with Crippen LogP contribution in [0.15, 0.2) is 66.7 Å². The van der Waals surface area contributed by atoms with Crippen molar-refractivity contribution in [2.24, 2.45) is 0 Å². The van der Waals surface area contributed by atoms with Gasteiger partial charge in [-0.05, 0) is 29.2 Å². The van der Waals surface area contributed by atoms with Gasteiger partial charge in [-0.25, -0.2) is 8.42 Å². The van der Waals surface area contributed by atoms with E-state index in [0.717, 1.165) is 28.0 Å². The lowest BCUT2D eigenvalue weighted by Crippen LogP contribution is -2.15. The summed E-state index contributed by atoms with van der Waals surface area (Å²) >= 11 is 0. The minimum atomic E-state index is -3.59. The molecule has 5 nitrogen and oxygen atoms in total. The fourth-order valence-corrected chi connectivity index (χ4v) is 4.61. The van der Waals surface area contributed by atoms with E-state index in [9.17, 15) is 8.42 Å². The average Bonchev–Trinajstić information content (AvgIpc) is 2.73. The maximum absolute atomic E-state index is 12.8. The van der Waals surface area contributed by atoms with Crippen molar-refractivity contribution in [1.82, 2.24) is 0 Å². The van der Waals surface area contributed by atoms with E-state index in [0.29, 0.717) is 11.4 Å². The van der Waals surface area contributed by atoms with Gasteiger partial charge in [0.2, 0.25) is 10.0 Å². The summed E-state index contributed by atoms with van der Waals surface area (Å²) in [6.45, 7) is 4.17. The third-order valence-electron chi connectivity index (χ3n) is 4.86. The van der Waals surface area contributed by atoms with Gasteiger partial charge in [-0.1, -0.05) is 62.4 Å². The molecular weight excluding hydrogens is 398 g/mol. The SMILES string of the molecule is COc1cc(OC)c(C(C)C)cc1-c1ccccc1NS(=O)(=O)Cc1ccccc1. The van der Waals surface area contributed by atoms with Crippen molar-refractivity contribution in [1.29, 1.82) is 0 Å². The fourth-order valence-electron chi connectivity index (χ4n) is 3.39. The van der Waals surface area contributed by atoms with Crippen LogP contribution in [-0.2, 0) is 15.8 Å². The summed E-state index contributed by atoms with van der Waals surface area (Å²) < 4.78 is 39.5. The summed E-state index contributed by atoms with van der Waals surface area (Å²) in [7, 11) is -0.369. The number of benzene rings is 3. The number of methoxy groups -OCH3 is 2. The van der Waals surface area contributed by atoms with Crippen LogP contribution in [0, 0.1) is 0 Å². The fraction of sp³-hybridized carbons (Fsp3) is 0.250. The highest BCUT2D eigenvalue weighted by Gasteiger charge is 2.19. The van der Waals surface area contributed by atoms with Gasteiger partial charge in [0.15, 0.2) is 0 Å². The van der Waals surface area contributed by atoms with Crippen LogP contribution in [0.25, 0.3) is 11.1 Å². The van der Waals surface area contributed by atoms with E-state index in [-0.39, 0.29) is 11.7 Å². The molecule has 0 aliphatic carbocycles. The van der Waals surface area contributed by atoms with Crippen molar-refractivity contribution >= 4 is 15.7 Å². The van der Waals surface area contributed by atoms with E-state index in [1.165, 1.54) is 0 Å². The number of sulfonamides is 1. The summed E-state index contributed by atoms with van der Waals surface area (Å²) in [5, 5.41) is 0. The number of anilines is 1. The second-order valence-electron chi connectivity index (χ2n) is 7.34. The minimum absolute atomic E-state index is 0.0980. The molecule has 0 spiro atoms. The van der Waals surface area contributed by atoms with Gasteiger partial charge in [0, 0.05) is 17.2 Å². The van der Waals surface area contributed by atoms with E-state index < -0.39 is 10.0 Å². The molecular formula is C24H27NO4S. The predicted molar refractivity (Wildman–Crippen MR) is 122 cm³/mol. The van der Waals surface area contributed by atoms with Gasteiger partial charge in [0.05, 0.1) is 25.7 Å². The predicted octanol–water partition coefficient (Wildman–Crippen LogP) is 5.44. The summed E-state index contributed by atoms with van der Waals surface area (Å²) in [5.41, 5.74) is 3.81. The maximum Gasteiger partial charge on any atom is 0.236 e. The van der Waals surface area contributed by atoms with Gasteiger partial charge in [0.1, 0.15) is 11.5 Å². The second kappa shape index (κ2) is 9.22. The van der Waals surface area contributed by atoms with E-state index >= 15 is 0 Å². The number of nitrogens with one attached hydrogen (secondary N) is 1. The molecule has 0 heterocycles. The molecule has 0 aliphatic heterocycles. The van der Waals surface area contributed by atoms with Crippen molar-refractivity contribution in [3.8, 4) is 22.6 Å². The molecule has 0 atom stereocenters. The van der Waals surface area contributed by atoms with Crippen molar-refractivity contribution in [3.63, 3.8) is 0 Å². The number of ether oxygens (including phenoxy) is 2. The lowest BCUT2D eigenvalue weighted by atomic mass is 9.94. The third-order valence-corrected chi connectivity index (χ3v) is 6.10. The average molecular weight is 426 g/mol. The largest absolute Gasteiger partial charge is 0.496 e. The molecule has 0 fully saturated rings. The Labute approximate surface area is 178 Å². The first kappa shape index (κ1) is 21.7. The Balaban J connectivity index is 2.04. The van der Waals surface area contributed by atoms with Gasteiger partial charge in [-0.3, -0.25) is 4.72 Å². The number of hydrogen-bond donors (Lipinski definition) is 1. The summed E-state index contributed by atoms with van der Waals surface area (Å²) in [5.74, 6) is 1.49. The van der Waals surface area contributed by atoms with Crippen LogP contribution in [0.4, 0.5) is 5.69 Å². The van der Waals surface area contributed by atoms with Gasteiger partial charge in [-0.15, -0.1) is 0 Å². The highest BCUT2D eigenvalue weighted by atomic mass is 32.2. The highest BCUT2D eigenvalue weighted by Crippen LogP contribution is 2.41. The molecule has 158 valence electrons. The van der Waals surface area contributed by atoms with E-state index in [2.05, 4.69) is 18.6 Å². The molecule has 0 unspecified atom stereocenters. The lowest BCUT2D eigenvalue weighted by Gasteiger charge is -2.19. The van der Waals surface area contributed by atoms with E-state index in [1.807, 2.05) is 48.5 Å². The summed E-state index contributed by atoms with van der Waals surface area (Å²) in [6.07, 6.45) is 0. The molecule has 3 aromatic rings. The Morgan fingerprint density at radius 3 is 2.10 bits per heavy atom. The Hall–Kier alpha value is -2.99. The number of rotatable bonds is 8. The van der Waals surface area contributed by atoms with Crippen molar-refractivity contribution in [2.75, 3.05) is 18.9 Å². The van der Waals surface area contributed by atoms with Gasteiger partial charge in [-0.2, -0.15) is 0 Å². The van der Waals surface area contributed by atoms with Crippen molar-refractivity contribution in [2.45, 2.75) is 25.5 Å². The number of para-hydroxylation sites is 1. The van der Waals surface area contributed by atoms with Crippen LogP contribution in [-0.4, -0.2) is 22.6 Å². The van der Waals surface area contributed by atoms with Crippen LogP contribution >= 0.6 is 0 Å². The first-order chi connectivity index (χ1) is 14.3. The molecule has 0 saturated carbocycles. The normalized spacial score (nSPS) is 11.4. The quantitative estimate of drug-likeness (QED) is 0.522. The lowest BCUT2D eigenvalue weighted by molar-refractivity contribution is 0.390. The summed E-state index contributed by atoms with van der Waals surface area (Å²) in [6, 6.07) is 20.3. The monoisotopic (exact) mass is 425 g/mol. The molecule has 1 N–H and O–H groups in total. The molecule has 0 aliphatic rings. The molecule has 0 bridgehead atoms. The second-order valence-corrected chi connectivity index (χ2v) is 9.06. The number of hydrogen-bond acceptors (Lipinski definition) is 4. The van der Waals surface area contributed by atoms with Crippen LogP contribution in [0.5, 0.6) is 11.5 Å². The van der Waals surface area contributed by atoms with Crippen molar-refractivity contribution < 1.29 is 17.9 Å². The van der Waals surface area contributed by atoms with E-state index in [1.54, 1.807) is 32.4 Å². The first-order valence-electron chi connectivity index (χ1n) is 9.74. The minimum Gasteiger partial charge on any atom is -0.496 e. The first-order valence-corrected chi connectivity index (χ1v) is 11.4. The third kappa shape index (κ3) is 4.94. The highest BCUT2D eigenvalue weighted by molar-refractivity contribution is 7.91. The molecule has 30 heavy (non-hydrogen) atoms. The van der Waals surface area contributed by atoms with Gasteiger partial charge >= 0.3 is 0 Å². The Morgan fingerprint density at radius 1 is 0.833 bits per heavy atom. The Kier molecular flexibility index (Phi) is 6.67. The van der Waals surface area contributed by atoms with Crippen LogP contribution in [0.2, 0.25) is 0 Å². The molecule has 3 aromatic carbocycles. The standard InChI is InChI=1S/C24H27NO4S/c1-17(2)20-14-21(24(29-4)15-23(20)28-3)19-12-8-9-13-22(19)25-30(26,27)16-18-10-6-5-7-11-18/h5-15,17,25H,16H2,1-4H3. The smallest absolute Gasteiger partial charge is 0.236 e. The topological polar surface area (TPSA) is 64.6 Å². The zero-order valence-corrected chi connectivity index (χ0v) is 18.5. The maximum atomic E-state index is 12.8. The molecule has 0 amide bonds. The van der Waals surface area contributed by atoms with Crippen LogP contribution < -0.4 is 14.2 Å². The Morgan fingerprint density at radius 2 is 1.47 bits per heavy atom. The Bertz CT molecular complexity index is 1110. The molecule has 0 aromatic heterocycles. The van der Waals surface area contributed by atoms with E-state index in [4.69, 9.17) is 9.47 Å². The molecule has 0 saturated heterocycles. The van der Waals surface area contributed by atoms with Crippen molar-refractivity contribution in [3.05, 3.63) is 77.9 Å². The zero-order chi connectivity index (χ0) is 21.7. The molecule has 6 heteroatoms.